The molecule has 0 aliphatic carbocycles. The first kappa shape index (κ1) is 16.1. The van der Waals surface area contributed by atoms with Crippen molar-refractivity contribution in [1.82, 2.24) is 4.98 Å². The van der Waals surface area contributed by atoms with E-state index in [0.29, 0.717) is 8.59 Å². The van der Waals surface area contributed by atoms with Crippen LogP contribution in [0.3, 0.4) is 0 Å². The van der Waals surface area contributed by atoms with Crippen LogP contribution in [0, 0.1) is 3.57 Å². The number of rotatable bonds is 1. The zero-order valence-corrected chi connectivity index (χ0v) is 13.8. The number of pyridine rings is 1. The predicted octanol–water partition coefficient (Wildman–Crippen LogP) is 6.33. The number of hydrogen-bond acceptors (Lipinski definition) is 1. The van der Waals surface area contributed by atoms with Gasteiger partial charge in [0.1, 0.15) is 5.69 Å². The maximum absolute atomic E-state index is 12.8. The Bertz CT molecular complexity index is 650. The van der Waals surface area contributed by atoms with Crippen LogP contribution in [0.15, 0.2) is 24.3 Å². The van der Waals surface area contributed by atoms with Gasteiger partial charge in [-0.2, -0.15) is 13.2 Å². The molecule has 0 unspecified atom stereocenters. The van der Waals surface area contributed by atoms with Crippen LogP contribution >= 0.6 is 57.4 Å². The topological polar surface area (TPSA) is 12.9 Å². The fourth-order valence-electron chi connectivity index (χ4n) is 1.56. The van der Waals surface area contributed by atoms with Gasteiger partial charge in [0.25, 0.3) is 0 Å². The molecule has 0 N–H and O–H groups in total. The lowest BCUT2D eigenvalue weighted by Crippen LogP contribution is -2.09. The molecule has 0 saturated carbocycles. The van der Waals surface area contributed by atoms with Crippen molar-refractivity contribution in [2.75, 3.05) is 0 Å². The Morgan fingerprint density at radius 1 is 0.950 bits per heavy atom. The Kier molecular flexibility index (Phi) is 4.73. The van der Waals surface area contributed by atoms with Crippen LogP contribution in [-0.2, 0) is 6.18 Å². The van der Waals surface area contributed by atoms with E-state index < -0.39 is 11.9 Å². The molecular weight excluding hydrogens is 448 g/mol. The van der Waals surface area contributed by atoms with Gasteiger partial charge in [-0.05, 0) is 46.9 Å². The molecule has 0 radical (unpaired) electrons. The van der Waals surface area contributed by atoms with Gasteiger partial charge in [0.15, 0.2) is 0 Å². The zero-order valence-electron chi connectivity index (χ0n) is 9.40. The highest BCUT2D eigenvalue weighted by Crippen LogP contribution is 2.38. The van der Waals surface area contributed by atoms with Gasteiger partial charge in [0, 0.05) is 14.2 Å². The SMILES string of the molecule is FC(F)(F)c1cc(I)cc(-c2c(Cl)cc(Cl)cc2Cl)n1. The molecule has 8 heteroatoms. The van der Waals surface area contributed by atoms with Crippen molar-refractivity contribution >= 4 is 57.4 Å². The normalized spacial score (nSPS) is 11.8. The number of alkyl halides is 3. The van der Waals surface area contributed by atoms with E-state index in [4.69, 9.17) is 34.8 Å². The lowest BCUT2D eigenvalue weighted by Gasteiger charge is -2.11. The summed E-state index contributed by atoms with van der Waals surface area (Å²) in [5.74, 6) is 0. The van der Waals surface area contributed by atoms with Crippen molar-refractivity contribution in [2.45, 2.75) is 6.18 Å². The van der Waals surface area contributed by atoms with E-state index in [1.54, 1.807) is 22.6 Å². The fourth-order valence-corrected chi connectivity index (χ4v) is 3.16. The maximum Gasteiger partial charge on any atom is 0.433 e. The summed E-state index contributed by atoms with van der Waals surface area (Å²) in [5, 5.41) is 0.584. The van der Waals surface area contributed by atoms with Crippen molar-refractivity contribution in [1.29, 1.82) is 0 Å². The minimum absolute atomic E-state index is 0.0518. The Balaban J connectivity index is 2.68. The largest absolute Gasteiger partial charge is 0.433 e. The number of halogens is 7. The molecule has 2 aromatic rings. The van der Waals surface area contributed by atoms with Gasteiger partial charge in [-0.3, -0.25) is 0 Å². The summed E-state index contributed by atoms with van der Waals surface area (Å²) in [7, 11) is 0. The first-order valence-electron chi connectivity index (χ1n) is 5.08. The minimum Gasteiger partial charge on any atom is -0.243 e. The van der Waals surface area contributed by atoms with E-state index in [9.17, 15) is 13.2 Å². The summed E-state index contributed by atoms with van der Waals surface area (Å²) in [5.41, 5.74) is -0.723. The second kappa shape index (κ2) is 5.87. The fraction of sp³-hybridized carbons (Fsp3) is 0.0833. The van der Waals surface area contributed by atoms with Crippen molar-refractivity contribution in [3.8, 4) is 11.3 Å². The van der Waals surface area contributed by atoms with E-state index in [1.807, 2.05) is 0 Å². The average molecular weight is 452 g/mol. The molecule has 0 amide bonds. The summed E-state index contributed by atoms with van der Waals surface area (Å²) in [4.78, 5) is 3.58. The third-order valence-electron chi connectivity index (χ3n) is 2.34. The van der Waals surface area contributed by atoms with Gasteiger partial charge >= 0.3 is 6.18 Å². The Labute approximate surface area is 141 Å². The van der Waals surface area contributed by atoms with Crippen molar-refractivity contribution in [3.05, 3.63) is 48.6 Å². The van der Waals surface area contributed by atoms with Gasteiger partial charge < -0.3 is 0 Å². The molecule has 1 aromatic carbocycles. The summed E-state index contributed by atoms with van der Waals surface area (Å²) in [6, 6.07) is 5.22. The van der Waals surface area contributed by atoms with Gasteiger partial charge in [-0.1, -0.05) is 34.8 Å². The molecule has 0 aliphatic rings. The zero-order chi connectivity index (χ0) is 15.1. The second-order valence-corrected chi connectivity index (χ2v) is 6.29. The third kappa shape index (κ3) is 3.50. The first-order chi connectivity index (χ1) is 9.18. The summed E-state index contributed by atoms with van der Waals surface area (Å²) in [6.45, 7) is 0. The quantitative estimate of drug-likeness (QED) is 0.461. The van der Waals surface area contributed by atoms with Gasteiger partial charge in [-0.15, -0.1) is 0 Å². The summed E-state index contributed by atoms with van der Waals surface area (Å²) < 4.78 is 38.7. The van der Waals surface area contributed by atoms with E-state index in [-0.39, 0.29) is 21.3 Å². The molecule has 0 bridgehead atoms. The van der Waals surface area contributed by atoms with Crippen molar-refractivity contribution in [3.63, 3.8) is 0 Å². The summed E-state index contributed by atoms with van der Waals surface area (Å²) >= 11 is 19.5. The highest BCUT2D eigenvalue weighted by molar-refractivity contribution is 14.1. The standard InChI is InChI=1S/C12H4Cl3F3IN/c13-5-1-7(14)11(8(15)2-5)9-3-6(19)4-10(20-9)12(16,17)18/h1-4H. The van der Waals surface area contributed by atoms with E-state index in [2.05, 4.69) is 4.98 Å². The molecule has 0 fully saturated rings. The Morgan fingerprint density at radius 2 is 1.50 bits per heavy atom. The highest BCUT2D eigenvalue weighted by Gasteiger charge is 2.33. The molecule has 0 spiro atoms. The molecule has 0 saturated heterocycles. The van der Waals surface area contributed by atoms with Crippen LogP contribution in [0.4, 0.5) is 13.2 Å². The average Bonchev–Trinajstić information content (AvgIpc) is 2.25. The van der Waals surface area contributed by atoms with Crippen LogP contribution in [-0.4, -0.2) is 4.98 Å². The molecule has 1 aromatic heterocycles. The molecule has 106 valence electrons. The highest BCUT2D eigenvalue weighted by atomic mass is 127. The molecule has 1 heterocycles. The molecule has 0 aliphatic heterocycles. The Morgan fingerprint density at radius 3 is 2.00 bits per heavy atom. The van der Waals surface area contributed by atoms with Crippen molar-refractivity contribution < 1.29 is 13.2 Å². The van der Waals surface area contributed by atoms with Gasteiger partial charge in [0.05, 0.1) is 15.7 Å². The van der Waals surface area contributed by atoms with E-state index >= 15 is 0 Å². The van der Waals surface area contributed by atoms with Crippen LogP contribution in [0.2, 0.25) is 15.1 Å². The predicted molar refractivity (Wildman–Crippen MR) is 82.4 cm³/mol. The van der Waals surface area contributed by atoms with E-state index in [0.717, 1.165) is 6.07 Å². The molecular formula is C12H4Cl3F3IN. The molecule has 2 rings (SSSR count). The lowest BCUT2D eigenvalue weighted by molar-refractivity contribution is -0.141. The smallest absolute Gasteiger partial charge is 0.243 e. The monoisotopic (exact) mass is 451 g/mol. The molecule has 1 nitrogen and oxygen atoms in total. The van der Waals surface area contributed by atoms with Crippen molar-refractivity contribution in [2.24, 2.45) is 0 Å². The minimum atomic E-state index is -4.54. The van der Waals surface area contributed by atoms with Crippen LogP contribution in [0.5, 0.6) is 0 Å². The maximum atomic E-state index is 12.8. The van der Waals surface area contributed by atoms with E-state index in [1.165, 1.54) is 18.2 Å². The first-order valence-corrected chi connectivity index (χ1v) is 7.29. The van der Waals surface area contributed by atoms with Crippen LogP contribution in [0.1, 0.15) is 5.69 Å². The summed E-state index contributed by atoms with van der Waals surface area (Å²) in [6.07, 6.45) is -4.54. The number of benzene rings is 1. The number of aromatic nitrogens is 1. The van der Waals surface area contributed by atoms with Gasteiger partial charge in [0.2, 0.25) is 0 Å². The molecule has 0 atom stereocenters. The lowest BCUT2D eigenvalue weighted by atomic mass is 10.1. The number of hydrogen-bond donors (Lipinski definition) is 0. The Hall–Kier alpha value is -0.240. The number of nitrogens with zero attached hydrogens (tertiary/aromatic N) is 1. The van der Waals surface area contributed by atoms with Crippen LogP contribution < -0.4 is 0 Å². The van der Waals surface area contributed by atoms with Crippen LogP contribution in [0.25, 0.3) is 11.3 Å². The molecule has 20 heavy (non-hydrogen) atoms. The third-order valence-corrected chi connectivity index (χ3v) is 3.78. The van der Waals surface area contributed by atoms with Gasteiger partial charge in [-0.25, -0.2) is 4.98 Å². The second-order valence-electron chi connectivity index (χ2n) is 3.80.